The van der Waals surface area contributed by atoms with E-state index in [0.717, 1.165) is 12.8 Å². The zero-order chi connectivity index (χ0) is 9.85. The summed E-state index contributed by atoms with van der Waals surface area (Å²) < 4.78 is 28.2. The molecule has 0 amide bonds. The Morgan fingerprint density at radius 1 is 1.38 bits per heavy atom. The number of hydrogen-bond acceptors (Lipinski definition) is 3. The van der Waals surface area contributed by atoms with Crippen molar-refractivity contribution in [2.45, 2.75) is 45.0 Å². The van der Waals surface area contributed by atoms with Gasteiger partial charge in [-0.15, -0.1) is 0 Å². The van der Waals surface area contributed by atoms with Crippen molar-refractivity contribution in [2.24, 2.45) is 11.3 Å². The number of hydrogen-bond donors (Lipinski definition) is 0. The molecule has 4 unspecified atom stereocenters. The Kier molecular flexibility index (Phi) is 1.81. The molecule has 0 bridgehead atoms. The first-order valence-corrected chi connectivity index (χ1v) is 6.25. The van der Waals surface area contributed by atoms with Gasteiger partial charge in [-0.3, -0.25) is 4.18 Å². The van der Waals surface area contributed by atoms with Crippen molar-refractivity contribution >= 4 is 10.1 Å². The molecule has 0 aromatic heterocycles. The number of rotatable bonds is 0. The highest BCUT2D eigenvalue weighted by molar-refractivity contribution is 7.87. The van der Waals surface area contributed by atoms with Crippen molar-refractivity contribution in [3.8, 4) is 0 Å². The standard InChI is InChI=1S/C9H16O3S/c1-6-4-8-9(3,5-6)7(2)12-13(8,10)11/h6-8H,4-5H2,1-3H3. The molecular formula is C9H16O3S. The summed E-state index contributed by atoms with van der Waals surface area (Å²) in [6.07, 6.45) is 1.59. The Hall–Kier alpha value is -0.0900. The van der Waals surface area contributed by atoms with Crippen molar-refractivity contribution in [1.29, 1.82) is 0 Å². The molecular weight excluding hydrogens is 188 g/mol. The lowest BCUT2D eigenvalue weighted by Gasteiger charge is -2.24. The minimum Gasteiger partial charge on any atom is -0.266 e. The SMILES string of the molecule is CC1CC2C(C)(C1)C(C)OS2(=O)=O. The summed E-state index contributed by atoms with van der Waals surface area (Å²) in [7, 11) is -3.26. The molecule has 4 heteroatoms. The van der Waals surface area contributed by atoms with Gasteiger partial charge in [0.25, 0.3) is 10.1 Å². The lowest BCUT2D eigenvalue weighted by molar-refractivity contribution is 0.127. The average Bonchev–Trinajstić information content (AvgIpc) is 2.33. The highest BCUT2D eigenvalue weighted by Gasteiger charge is 2.59. The minimum absolute atomic E-state index is 0.141. The molecule has 0 N–H and O–H groups in total. The van der Waals surface area contributed by atoms with Gasteiger partial charge in [0.2, 0.25) is 0 Å². The third-order valence-corrected chi connectivity index (χ3v) is 5.68. The third kappa shape index (κ3) is 1.15. The zero-order valence-electron chi connectivity index (χ0n) is 8.28. The maximum absolute atomic E-state index is 11.6. The second kappa shape index (κ2) is 2.48. The molecule has 0 radical (unpaired) electrons. The van der Waals surface area contributed by atoms with Gasteiger partial charge in [-0.25, -0.2) is 0 Å². The van der Waals surface area contributed by atoms with Crippen LogP contribution in [0.15, 0.2) is 0 Å². The van der Waals surface area contributed by atoms with Gasteiger partial charge in [0.15, 0.2) is 0 Å². The summed E-state index contributed by atoms with van der Waals surface area (Å²) in [6, 6.07) is 0. The smallest absolute Gasteiger partial charge is 0.266 e. The van der Waals surface area contributed by atoms with Gasteiger partial charge < -0.3 is 0 Å². The van der Waals surface area contributed by atoms with E-state index in [1.807, 2.05) is 13.8 Å². The minimum atomic E-state index is -3.26. The van der Waals surface area contributed by atoms with Crippen LogP contribution in [0.2, 0.25) is 0 Å². The topological polar surface area (TPSA) is 43.4 Å². The Morgan fingerprint density at radius 3 is 2.54 bits per heavy atom. The summed E-state index contributed by atoms with van der Waals surface area (Å²) in [5, 5.41) is -0.259. The molecule has 0 aromatic rings. The molecule has 76 valence electrons. The second-order valence-corrected chi connectivity index (χ2v) is 6.52. The van der Waals surface area contributed by atoms with Crippen molar-refractivity contribution in [1.82, 2.24) is 0 Å². The van der Waals surface area contributed by atoms with E-state index in [4.69, 9.17) is 4.18 Å². The van der Waals surface area contributed by atoms with Crippen LogP contribution in [0, 0.1) is 11.3 Å². The largest absolute Gasteiger partial charge is 0.271 e. The molecule has 1 saturated carbocycles. The lowest BCUT2D eigenvalue weighted by Crippen LogP contribution is -2.30. The van der Waals surface area contributed by atoms with Crippen LogP contribution in [-0.4, -0.2) is 19.8 Å². The van der Waals surface area contributed by atoms with Crippen molar-refractivity contribution in [3.63, 3.8) is 0 Å². The third-order valence-electron chi connectivity index (χ3n) is 3.70. The summed E-state index contributed by atoms with van der Waals surface area (Å²) in [5.41, 5.74) is -0.141. The fraction of sp³-hybridized carbons (Fsp3) is 1.00. The summed E-state index contributed by atoms with van der Waals surface area (Å²) in [4.78, 5) is 0. The molecule has 4 atom stereocenters. The van der Waals surface area contributed by atoms with E-state index in [1.54, 1.807) is 0 Å². The van der Waals surface area contributed by atoms with E-state index in [1.165, 1.54) is 0 Å². The van der Waals surface area contributed by atoms with Gasteiger partial charge in [0, 0.05) is 5.41 Å². The molecule has 2 rings (SSSR count). The fourth-order valence-electron chi connectivity index (χ4n) is 2.85. The highest BCUT2D eigenvalue weighted by atomic mass is 32.2. The zero-order valence-corrected chi connectivity index (χ0v) is 9.10. The Morgan fingerprint density at radius 2 is 2.00 bits per heavy atom. The van der Waals surface area contributed by atoms with Crippen LogP contribution >= 0.6 is 0 Å². The number of fused-ring (bicyclic) bond motifs is 1. The van der Waals surface area contributed by atoms with Crippen LogP contribution in [0.4, 0.5) is 0 Å². The summed E-state index contributed by atoms with van der Waals surface area (Å²) >= 11 is 0. The lowest BCUT2D eigenvalue weighted by atomic mass is 9.82. The van der Waals surface area contributed by atoms with Crippen LogP contribution in [-0.2, 0) is 14.3 Å². The predicted octanol–water partition coefficient (Wildman–Crippen LogP) is 1.54. The van der Waals surface area contributed by atoms with Crippen LogP contribution in [0.25, 0.3) is 0 Å². The van der Waals surface area contributed by atoms with Gasteiger partial charge >= 0.3 is 0 Å². The Bertz CT molecular complexity index is 322. The van der Waals surface area contributed by atoms with E-state index >= 15 is 0 Å². The van der Waals surface area contributed by atoms with Crippen LogP contribution in [0.1, 0.15) is 33.6 Å². The van der Waals surface area contributed by atoms with Crippen molar-refractivity contribution in [2.75, 3.05) is 0 Å². The highest BCUT2D eigenvalue weighted by Crippen LogP contribution is 2.53. The quantitative estimate of drug-likeness (QED) is 0.562. The van der Waals surface area contributed by atoms with Gasteiger partial charge in [0.05, 0.1) is 11.4 Å². The molecule has 0 spiro atoms. The normalized spacial score (nSPS) is 53.6. The van der Waals surface area contributed by atoms with Crippen molar-refractivity contribution in [3.05, 3.63) is 0 Å². The van der Waals surface area contributed by atoms with Crippen LogP contribution < -0.4 is 0 Å². The maximum Gasteiger partial charge on any atom is 0.271 e. The first-order valence-electron chi connectivity index (χ1n) is 4.78. The summed E-state index contributed by atoms with van der Waals surface area (Å²) in [5.74, 6) is 0.510. The van der Waals surface area contributed by atoms with Gasteiger partial charge in [-0.1, -0.05) is 13.8 Å². The van der Waals surface area contributed by atoms with E-state index in [2.05, 4.69) is 6.92 Å². The molecule has 1 aliphatic carbocycles. The first-order chi connectivity index (χ1) is 5.86. The maximum atomic E-state index is 11.6. The second-order valence-electron chi connectivity index (χ2n) is 4.77. The average molecular weight is 204 g/mol. The van der Waals surface area contributed by atoms with E-state index < -0.39 is 10.1 Å². The van der Waals surface area contributed by atoms with Gasteiger partial charge in [-0.2, -0.15) is 8.42 Å². The molecule has 2 fully saturated rings. The molecule has 0 aromatic carbocycles. The van der Waals surface area contributed by atoms with Crippen LogP contribution in [0.3, 0.4) is 0 Å². The van der Waals surface area contributed by atoms with Gasteiger partial charge in [0.1, 0.15) is 0 Å². The van der Waals surface area contributed by atoms with Crippen LogP contribution in [0.5, 0.6) is 0 Å². The van der Waals surface area contributed by atoms with Crippen molar-refractivity contribution < 1.29 is 12.6 Å². The van der Waals surface area contributed by atoms with Gasteiger partial charge in [-0.05, 0) is 25.7 Å². The van der Waals surface area contributed by atoms with E-state index in [-0.39, 0.29) is 16.8 Å². The molecule has 1 saturated heterocycles. The van der Waals surface area contributed by atoms with E-state index in [9.17, 15) is 8.42 Å². The molecule has 13 heavy (non-hydrogen) atoms. The fourth-order valence-corrected chi connectivity index (χ4v) is 5.12. The monoisotopic (exact) mass is 204 g/mol. The molecule has 2 aliphatic rings. The predicted molar refractivity (Wildman–Crippen MR) is 49.8 cm³/mol. The molecule has 1 aliphatic heterocycles. The summed E-state index contributed by atoms with van der Waals surface area (Å²) in [6.45, 7) is 6.03. The Balaban J connectivity index is 2.43. The molecule has 1 heterocycles. The first kappa shape index (κ1) is 9.46. The Labute approximate surface area is 79.6 Å². The molecule has 3 nitrogen and oxygen atoms in total. The van der Waals surface area contributed by atoms with E-state index in [0.29, 0.717) is 5.92 Å².